The molecule has 0 saturated carbocycles. The lowest BCUT2D eigenvalue weighted by atomic mass is 10.0. The number of hydrogen-bond donors (Lipinski definition) is 2. The fourth-order valence-corrected chi connectivity index (χ4v) is 2.91. The Labute approximate surface area is 132 Å². The Kier molecular flexibility index (Phi) is 6.93. The number of aliphatic hydroxyl groups is 1. The summed E-state index contributed by atoms with van der Waals surface area (Å²) in [6.45, 7) is 4.02. The molecule has 1 atom stereocenters. The van der Waals surface area contributed by atoms with Crippen LogP contribution in [0.1, 0.15) is 18.4 Å². The zero-order chi connectivity index (χ0) is 15.1. The number of likely N-dealkylation sites (tertiary alicyclic amines) is 1. The van der Waals surface area contributed by atoms with E-state index in [9.17, 15) is 5.11 Å². The third-order valence-corrected chi connectivity index (χ3v) is 4.31. The van der Waals surface area contributed by atoms with Gasteiger partial charge in [0.1, 0.15) is 0 Å². The molecular weight excluding hydrogens is 288 g/mol. The summed E-state index contributed by atoms with van der Waals surface area (Å²) in [7, 11) is 1.61. The van der Waals surface area contributed by atoms with Gasteiger partial charge in [-0.2, -0.15) is 0 Å². The predicted octanol–water partition coefficient (Wildman–Crippen LogP) is 1.90. The summed E-state index contributed by atoms with van der Waals surface area (Å²) < 4.78 is 4.93. The average molecular weight is 313 g/mol. The number of nitrogens with one attached hydrogen (secondary N) is 1. The van der Waals surface area contributed by atoms with E-state index in [4.69, 9.17) is 16.3 Å². The molecular formula is C16H25ClN2O2. The quantitative estimate of drug-likeness (QED) is 0.807. The number of ether oxygens (including phenoxy) is 1. The third-order valence-electron chi connectivity index (χ3n) is 3.94. The number of hydrogen-bond acceptors (Lipinski definition) is 4. The fraction of sp³-hybridized carbons (Fsp3) is 0.625. The van der Waals surface area contributed by atoms with Crippen LogP contribution in [0.2, 0.25) is 5.02 Å². The molecule has 0 amide bonds. The van der Waals surface area contributed by atoms with Gasteiger partial charge in [-0.15, -0.1) is 0 Å². The van der Waals surface area contributed by atoms with Gasteiger partial charge in [0.15, 0.2) is 0 Å². The first-order chi connectivity index (χ1) is 10.2. The first-order valence-corrected chi connectivity index (χ1v) is 7.93. The van der Waals surface area contributed by atoms with Gasteiger partial charge in [0.05, 0.1) is 12.7 Å². The molecule has 0 spiro atoms. The lowest BCUT2D eigenvalue weighted by Gasteiger charge is -2.33. The van der Waals surface area contributed by atoms with Crippen molar-refractivity contribution in [2.24, 2.45) is 0 Å². The van der Waals surface area contributed by atoms with Crippen LogP contribution < -0.4 is 5.32 Å². The van der Waals surface area contributed by atoms with E-state index in [1.165, 1.54) is 5.56 Å². The van der Waals surface area contributed by atoms with Crippen LogP contribution in [-0.4, -0.2) is 55.5 Å². The highest BCUT2D eigenvalue weighted by Gasteiger charge is 2.20. The predicted molar refractivity (Wildman–Crippen MR) is 85.6 cm³/mol. The normalized spacial score (nSPS) is 18.8. The summed E-state index contributed by atoms with van der Waals surface area (Å²) in [4.78, 5) is 2.44. The third kappa shape index (κ3) is 5.57. The smallest absolute Gasteiger partial charge is 0.0897 e. The van der Waals surface area contributed by atoms with E-state index in [2.05, 4.69) is 16.3 Å². The van der Waals surface area contributed by atoms with E-state index in [0.29, 0.717) is 19.2 Å². The molecule has 1 saturated heterocycles. The van der Waals surface area contributed by atoms with Crippen molar-refractivity contribution in [2.75, 3.05) is 33.4 Å². The zero-order valence-electron chi connectivity index (χ0n) is 12.6. The monoisotopic (exact) mass is 312 g/mol. The standard InChI is InChI=1S/C16H25ClN2O2/c1-21-12-15(20)10-18-14-6-8-19(9-7-14)11-13-4-2-3-5-16(13)17/h2-5,14-15,18,20H,6-12H2,1H3/t15-/m0/s1. The topological polar surface area (TPSA) is 44.7 Å². The Morgan fingerprint density at radius 2 is 2.10 bits per heavy atom. The van der Waals surface area contributed by atoms with Gasteiger partial charge in [0, 0.05) is 31.3 Å². The summed E-state index contributed by atoms with van der Waals surface area (Å²) in [5.41, 5.74) is 1.20. The first-order valence-electron chi connectivity index (χ1n) is 7.55. The Hall–Kier alpha value is -0.650. The van der Waals surface area contributed by atoms with Crippen LogP contribution >= 0.6 is 11.6 Å². The minimum Gasteiger partial charge on any atom is -0.389 e. The summed E-state index contributed by atoms with van der Waals surface area (Å²) in [5, 5.41) is 13.9. The average Bonchev–Trinajstić information content (AvgIpc) is 2.49. The van der Waals surface area contributed by atoms with Gasteiger partial charge in [-0.3, -0.25) is 4.90 Å². The van der Waals surface area contributed by atoms with Crippen LogP contribution in [0.4, 0.5) is 0 Å². The molecule has 0 unspecified atom stereocenters. The first kappa shape index (κ1) is 16.7. The van der Waals surface area contributed by atoms with E-state index < -0.39 is 6.10 Å². The van der Waals surface area contributed by atoms with Crippen molar-refractivity contribution in [1.29, 1.82) is 0 Å². The SMILES string of the molecule is COC[C@@H](O)CNC1CCN(Cc2ccccc2Cl)CC1. The van der Waals surface area contributed by atoms with Gasteiger partial charge in [0.2, 0.25) is 0 Å². The molecule has 0 aromatic heterocycles. The fourth-order valence-electron chi connectivity index (χ4n) is 2.72. The number of piperidine rings is 1. The van der Waals surface area contributed by atoms with Gasteiger partial charge in [-0.1, -0.05) is 29.8 Å². The van der Waals surface area contributed by atoms with Crippen LogP contribution in [0, 0.1) is 0 Å². The largest absolute Gasteiger partial charge is 0.389 e. The lowest BCUT2D eigenvalue weighted by Crippen LogP contribution is -2.44. The van der Waals surface area contributed by atoms with Crippen LogP contribution in [-0.2, 0) is 11.3 Å². The summed E-state index contributed by atoms with van der Waals surface area (Å²) >= 11 is 6.21. The number of halogens is 1. The summed E-state index contributed by atoms with van der Waals surface area (Å²) in [6.07, 6.45) is 1.78. The summed E-state index contributed by atoms with van der Waals surface area (Å²) in [6, 6.07) is 8.52. The van der Waals surface area contributed by atoms with Gasteiger partial charge in [-0.25, -0.2) is 0 Å². The molecule has 1 fully saturated rings. The Morgan fingerprint density at radius 1 is 1.38 bits per heavy atom. The number of methoxy groups -OCH3 is 1. The van der Waals surface area contributed by atoms with Crippen molar-refractivity contribution in [3.8, 4) is 0 Å². The number of nitrogens with zero attached hydrogens (tertiary/aromatic N) is 1. The zero-order valence-corrected chi connectivity index (χ0v) is 13.4. The second-order valence-corrected chi connectivity index (χ2v) is 6.07. The van der Waals surface area contributed by atoms with Crippen LogP contribution in [0.3, 0.4) is 0 Å². The second kappa shape index (κ2) is 8.71. The number of aliphatic hydroxyl groups excluding tert-OH is 1. The van der Waals surface area contributed by atoms with Gasteiger partial charge in [-0.05, 0) is 37.6 Å². The second-order valence-electron chi connectivity index (χ2n) is 5.66. The molecule has 2 rings (SSSR count). The molecule has 5 heteroatoms. The number of rotatable bonds is 7. The van der Waals surface area contributed by atoms with Gasteiger partial charge in [0.25, 0.3) is 0 Å². The molecule has 2 N–H and O–H groups in total. The van der Waals surface area contributed by atoms with Gasteiger partial charge >= 0.3 is 0 Å². The maximum atomic E-state index is 9.64. The molecule has 1 aliphatic rings. The molecule has 1 aromatic rings. The molecule has 4 nitrogen and oxygen atoms in total. The lowest BCUT2D eigenvalue weighted by molar-refractivity contribution is 0.0602. The minimum absolute atomic E-state index is 0.387. The van der Waals surface area contributed by atoms with Crippen molar-refractivity contribution >= 4 is 11.6 Å². The van der Waals surface area contributed by atoms with Crippen LogP contribution in [0.25, 0.3) is 0 Å². The van der Waals surface area contributed by atoms with Crippen molar-refractivity contribution in [3.63, 3.8) is 0 Å². The molecule has 1 aliphatic heterocycles. The van der Waals surface area contributed by atoms with Crippen molar-refractivity contribution in [3.05, 3.63) is 34.9 Å². The number of benzene rings is 1. The van der Waals surface area contributed by atoms with Crippen LogP contribution in [0.5, 0.6) is 0 Å². The van der Waals surface area contributed by atoms with E-state index in [1.807, 2.05) is 18.2 Å². The Morgan fingerprint density at radius 3 is 2.76 bits per heavy atom. The highest BCUT2D eigenvalue weighted by atomic mass is 35.5. The van der Waals surface area contributed by atoms with Gasteiger partial charge < -0.3 is 15.2 Å². The Balaban J connectivity index is 1.70. The molecule has 1 heterocycles. The highest BCUT2D eigenvalue weighted by molar-refractivity contribution is 6.31. The van der Waals surface area contributed by atoms with E-state index in [-0.39, 0.29) is 0 Å². The molecule has 0 bridgehead atoms. The molecule has 21 heavy (non-hydrogen) atoms. The summed E-state index contributed by atoms with van der Waals surface area (Å²) in [5.74, 6) is 0. The van der Waals surface area contributed by atoms with E-state index in [0.717, 1.165) is 37.5 Å². The molecule has 0 radical (unpaired) electrons. The van der Waals surface area contributed by atoms with Crippen molar-refractivity contribution in [2.45, 2.75) is 31.5 Å². The highest BCUT2D eigenvalue weighted by Crippen LogP contribution is 2.19. The minimum atomic E-state index is -0.420. The Bertz CT molecular complexity index is 422. The molecule has 1 aromatic carbocycles. The van der Waals surface area contributed by atoms with Crippen LogP contribution in [0.15, 0.2) is 24.3 Å². The molecule has 118 valence electrons. The molecule has 0 aliphatic carbocycles. The maximum absolute atomic E-state index is 9.64. The van der Waals surface area contributed by atoms with Crippen molar-refractivity contribution < 1.29 is 9.84 Å². The van der Waals surface area contributed by atoms with E-state index in [1.54, 1.807) is 7.11 Å². The maximum Gasteiger partial charge on any atom is 0.0897 e. The van der Waals surface area contributed by atoms with Crippen molar-refractivity contribution in [1.82, 2.24) is 10.2 Å². The van der Waals surface area contributed by atoms with E-state index >= 15 is 0 Å².